The van der Waals surface area contributed by atoms with Gasteiger partial charge in [0.15, 0.2) is 0 Å². The summed E-state index contributed by atoms with van der Waals surface area (Å²) >= 11 is 0. The smallest absolute Gasteiger partial charge is 0.142 e. The number of hydrogen-bond donors (Lipinski definition) is 0. The predicted octanol–water partition coefficient (Wildman–Crippen LogP) is 1.64. The van der Waals surface area contributed by atoms with Crippen LogP contribution >= 0.6 is 0 Å². The fourth-order valence-corrected chi connectivity index (χ4v) is 2.13. The zero-order valence-corrected chi connectivity index (χ0v) is 10.1. The van der Waals surface area contributed by atoms with E-state index in [0.29, 0.717) is 0 Å². The lowest BCUT2D eigenvalue weighted by molar-refractivity contribution is 0.270. The summed E-state index contributed by atoms with van der Waals surface area (Å²) in [5.41, 5.74) is 1.17. The van der Waals surface area contributed by atoms with Gasteiger partial charge in [-0.15, -0.1) is 0 Å². The zero-order valence-electron chi connectivity index (χ0n) is 10.1. The Morgan fingerprint density at radius 3 is 2.69 bits per heavy atom. The molecule has 1 heterocycles. The number of anilines is 1. The monoisotopic (exact) mass is 219 g/mol. The summed E-state index contributed by atoms with van der Waals surface area (Å²) in [5, 5.41) is 0. The lowest BCUT2D eigenvalue weighted by Crippen LogP contribution is -2.46. The number of hydrogen-bond acceptors (Lipinski definition) is 3. The van der Waals surface area contributed by atoms with E-state index in [2.05, 4.69) is 22.8 Å². The third kappa shape index (κ3) is 2.30. The average molecular weight is 219 g/mol. The van der Waals surface area contributed by atoms with E-state index in [1.165, 1.54) is 5.69 Å². The van der Waals surface area contributed by atoms with Crippen LogP contribution in [0.1, 0.15) is 6.92 Å². The van der Waals surface area contributed by atoms with Crippen molar-refractivity contribution in [3.05, 3.63) is 24.3 Å². The number of methoxy groups -OCH3 is 1. The van der Waals surface area contributed by atoms with Gasteiger partial charge in [-0.1, -0.05) is 13.0 Å². The van der Waals surface area contributed by atoms with Crippen molar-refractivity contribution in [2.24, 2.45) is 0 Å². The molecule has 1 aliphatic rings. The highest BCUT2D eigenvalue weighted by Crippen LogP contribution is 2.27. The molecule has 1 aromatic carbocycles. The van der Waals surface area contributed by atoms with Crippen molar-refractivity contribution in [2.45, 2.75) is 6.92 Å². The van der Waals surface area contributed by atoms with Crippen LogP contribution in [0.25, 0.3) is 0 Å². The van der Waals surface area contributed by atoms with Crippen LogP contribution in [-0.4, -0.2) is 44.7 Å². The molecule has 1 radical (unpaired) electrons. The first-order chi connectivity index (χ1) is 7.85. The summed E-state index contributed by atoms with van der Waals surface area (Å²) < 4.78 is 5.38. The van der Waals surface area contributed by atoms with Gasteiger partial charge in [-0.05, 0) is 24.7 Å². The van der Waals surface area contributed by atoms with Crippen LogP contribution in [0.3, 0.4) is 0 Å². The van der Waals surface area contributed by atoms with E-state index in [1.807, 2.05) is 18.2 Å². The highest BCUT2D eigenvalue weighted by Gasteiger charge is 2.17. The minimum atomic E-state index is 0.948. The van der Waals surface area contributed by atoms with E-state index in [4.69, 9.17) is 4.74 Å². The van der Waals surface area contributed by atoms with Crippen molar-refractivity contribution in [3.8, 4) is 5.75 Å². The van der Waals surface area contributed by atoms with Crippen LogP contribution in [-0.2, 0) is 0 Å². The van der Waals surface area contributed by atoms with Crippen molar-refractivity contribution in [1.29, 1.82) is 0 Å². The molecule has 1 aromatic rings. The third-order valence-corrected chi connectivity index (χ3v) is 3.18. The highest BCUT2D eigenvalue weighted by atomic mass is 16.5. The van der Waals surface area contributed by atoms with E-state index in [9.17, 15) is 0 Å². The van der Waals surface area contributed by atoms with Gasteiger partial charge in [0, 0.05) is 26.2 Å². The molecule has 1 aliphatic heterocycles. The van der Waals surface area contributed by atoms with Gasteiger partial charge < -0.3 is 14.5 Å². The molecule has 87 valence electrons. The Morgan fingerprint density at radius 1 is 1.31 bits per heavy atom. The molecule has 3 heteroatoms. The Morgan fingerprint density at radius 2 is 2.06 bits per heavy atom. The lowest BCUT2D eigenvalue weighted by Gasteiger charge is -2.36. The molecule has 0 spiro atoms. The van der Waals surface area contributed by atoms with Crippen molar-refractivity contribution in [1.82, 2.24) is 4.90 Å². The summed E-state index contributed by atoms with van der Waals surface area (Å²) in [5.74, 6) is 0.948. The van der Waals surface area contributed by atoms with Crippen LogP contribution in [0.4, 0.5) is 5.69 Å². The van der Waals surface area contributed by atoms with Crippen molar-refractivity contribution >= 4 is 5.69 Å². The minimum absolute atomic E-state index is 0.948. The fraction of sp³-hybridized carbons (Fsp3) is 0.538. The first-order valence-electron chi connectivity index (χ1n) is 5.86. The number of likely N-dealkylation sites (N-methyl/N-ethyl adjacent to an activating group) is 1. The molecule has 0 atom stereocenters. The van der Waals surface area contributed by atoms with Crippen LogP contribution in [0.5, 0.6) is 5.75 Å². The van der Waals surface area contributed by atoms with Crippen molar-refractivity contribution in [3.63, 3.8) is 0 Å². The molecule has 0 aliphatic carbocycles. The summed E-state index contributed by atoms with van der Waals surface area (Å²) in [7, 11) is 1.72. The van der Waals surface area contributed by atoms with Crippen molar-refractivity contribution < 1.29 is 4.74 Å². The molecule has 1 fully saturated rings. The predicted molar refractivity (Wildman–Crippen MR) is 66.2 cm³/mol. The summed E-state index contributed by atoms with van der Waals surface area (Å²) in [6.07, 6.45) is 0. The molecular weight excluding hydrogens is 200 g/mol. The number of benzene rings is 1. The average Bonchev–Trinajstić information content (AvgIpc) is 2.39. The largest absolute Gasteiger partial charge is 0.495 e. The van der Waals surface area contributed by atoms with Gasteiger partial charge in [0.25, 0.3) is 0 Å². The first-order valence-corrected chi connectivity index (χ1v) is 5.86. The first kappa shape index (κ1) is 11.3. The zero-order chi connectivity index (χ0) is 11.4. The molecule has 0 unspecified atom stereocenters. The Kier molecular flexibility index (Phi) is 3.67. The van der Waals surface area contributed by atoms with Crippen molar-refractivity contribution in [2.75, 3.05) is 44.7 Å². The highest BCUT2D eigenvalue weighted by molar-refractivity contribution is 5.58. The maximum Gasteiger partial charge on any atom is 0.142 e. The molecule has 3 nitrogen and oxygen atoms in total. The quantitative estimate of drug-likeness (QED) is 0.768. The van der Waals surface area contributed by atoms with Crippen LogP contribution in [0, 0.1) is 6.07 Å². The van der Waals surface area contributed by atoms with Gasteiger partial charge in [-0.3, -0.25) is 0 Å². The van der Waals surface area contributed by atoms with Crippen LogP contribution < -0.4 is 9.64 Å². The molecule has 1 saturated heterocycles. The third-order valence-electron chi connectivity index (χ3n) is 3.18. The maximum absolute atomic E-state index is 5.38. The van der Waals surface area contributed by atoms with Crippen LogP contribution in [0.15, 0.2) is 18.2 Å². The van der Waals surface area contributed by atoms with Gasteiger partial charge in [0.2, 0.25) is 0 Å². The molecule has 2 rings (SSSR count). The van der Waals surface area contributed by atoms with Crippen LogP contribution in [0.2, 0.25) is 0 Å². The van der Waals surface area contributed by atoms with Gasteiger partial charge in [0.1, 0.15) is 5.75 Å². The SMILES string of the molecule is CCN1CCN(c2c[c]ccc2OC)CC1. The molecule has 0 bridgehead atoms. The van der Waals surface area contributed by atoms with Gasteiger partial charge in [0.05, 0.1) is 12.8 Å². The molecule has 0 amide bonds. The molecule has 0 saturated carbocycles. The normalized spacial score (nSPS) is 17.5. The van der Waals surface area contributed by atoms with E-state index >= 15 is 0 Å². The van der Waals surface area contributed by atoms with E-state index in [-0.39, 0.29) is 0 Å². The maximum atomic E-state index is 5.38. The van der Waals surface area contributed by atoms with E-state index in [0.717, 1.165) is 38.5 Å². The Hall–Kier alpha value is -1.22. The molecule has 0 aromatic heterocycles. The van der Waals surface area contributed by atoms with E-state index in [1.54, 1.807) is 7.11 Å². The summed E-state index contributed by atoms with van der Waals surface area (Å²) in [6, 6.07) is 9.00. The van der Waals surface area contributed by atoms with Gasteiger partial charge >= 0.3 is 0 Å². The lowest BCUT2D eigenvalue weighted by atomic mass is 10.2. The van der Waals surface area contributed by atoms with Gasteiger partial charge in [-0.2, -0.15) is 0 Å². The second-order valence-corrected chi connectivity index (χ2v) is 4.02. The van der Waals surface area contributed by atoms with Gasteiger partial charge in [-0.25, -0.2) is 0 Å². The molecule has 16 heavy (non-hydrogen) atoms. The number of rotatable bonds is 3. The summed E-state index contributed by atoms with van der Waals surface area (Å²) in [6.45, 7) is 7.77. The number of piperazine rings is 1. The number of nitrogens with zero attached hydrogens (tertiary/aromatic N) is 2. The minimum Gasteiger partial charge on any atom is -0.495 e. The summed E-state index contributed by atoms with van der Waals surface area (Å²) in [4.78, 5) is 4.84. The second-order valence-electron chi connectivity index (χ2n) is 4.02. The Bertz CT molecular complexity index is 332. The standard InChI is InChI=1S/C13H19N2O/c1-3-14-8-10-15(11-9-14)12-6-4-5-7-13(12)16-2/h5-7H,3,8-11H2,1-2H3. The molecular formula is C13H19N2O. The topological polar surface area (TPSA) is 15.7 Å². The van der Waals surface area contributed by atoms with E-state index < -0.39 is 0 Å². The fourth-order valence-electron chi connectivity index (χ4n) is 2.13. The molecule has 0 N–H and O–H groups in total. The Balaban J connectivity index is 2.07. The number of ether oxygens (including phenoxy) is 1. The second kappa shape index (κ2) is 5.21. The Labute approximate surface area is 97.6 Å².